The van der Waals surface area contributed by atoms with Gasteiger partial charge in [-0.2, -0.15) is 13.5 Å². The smallest absolute Gasteiger partial charge is 0.347 e. The van der Waals surface area contributed by atoms with Crippen molar-refractivity contribution in [2.24, 2.45) is 0 Å². The van der Waals surface area contributed by atoms with Crippen LogP contribution in [0, 0.1) is 11.0 Å². The Kier molecular flexibility index (Phi) is 5.79. The van der Waals surface area contributed by atoms with E-state index in [2.05, 4.69) is 10.3 Å². The summed E-state index contributed by atoms with van der Waals surface area (Å²) >= 11 is 0. The van der Waals surface area contributed by atoms with Gasteiger partial charge in [-0.15, -0.1) is 0 Å². The molecule has 0 bridgehead atoms. The number of ether oxygens (including phenoxy) is 1. The fraction of sp³-hybridized carbons (Fsp3) is 0.312. The molecular formula is C16H16F3N3O3. The fourth-order valence-electron chi connectivity index (χ4n) is 2.11. The number of alkyl halides is 2. The van der Waals surface area contributed by atoms with E-state index in [4.69, 9.17) is 4.74 Å². The summed E-state index contributed by atoms with van der Waals surface area (Å²) in [5, 5.41) is 13.6. The number of rotatable bonds is 7. The predicted octanol–water partition coefficient (Wildman–Crippen LogP) is 2.16. The largest absolute Gasteiger partial charge is 0.618 e. The standard InChI is InChI=1S/C16H16F3N3O3/c1-2-25-13(23)9-11-6-7-20-15(14(11)17)21-10-16(18,19)12-5-3-4-8-22(12)24/h3-8H,2,9-10H2,1H3,(H,20,21). The van der Waals surface area contributed by atoms with Crippen LogP contribution in [0.25, 0.3) is 0 Å². The zero-order valence-corrected chi connectivity index (χ0v) is 13.3. The highest BCUT2D eigenvalue weighted by Gasteiger charge is 2.39. The predicted molar refractivity (Wildman–Crippen MR) is 82.3 cm³/mol. The molecule has 9 heteroatoms. The summed E-state index contributed by atoms with van der Waals surface area (Å²) in [6, 6.07) is 4.87. The summed E-state index contributed by atoms with van der Waals surface area (Å²) < 4.78 is 47.3. The van der Waals surface area contributed by atoms with Crippen molar-refractivity contribution in [3.63, 3.8) is 0 Å². The normalized spacial score (nSPS) is 11.2. The van der Waals surface area contributed by atoms with Gasteiger partial charge in [-0.3, -0.25) is 4.79 Å². The molecular weight excluding hydrogens is 339 g/mol. The zero-order chi connectivity index (χ0) is 18.4. The Bertz CT molecular complexity index is 756. The summed E-state index contributed by atoms with van der Waals surface area (Å²) in [6.45, 7) is 0.725. The van der Waals surface area contributed by atoms with Gasteiger partial charge in [0.05, 0.1) is 19.6 Å². The van der Waals surface area contributed by atoms with Crippen LogP contribution in [0.5, 0.6) is 0 Å². The van der Waals surface area contributed by atoms with Gasteiger partial charge in [0.2, 0.25) is 0 Å². The monoisotopic (exact) mass is 355 g/mol. The van der Waals surface area contributed by atoms with Crippen molar-refractivity contribution in [3.8, 4) is 0 Å². The molecule has 0 aromatic carbocycles. The van der Waals surface area contributed by atoms with E-state index in [1.165, 1.54) is 24.4 Å². The number of nitrogens with zero attached hydrogens (tertiary/aromatic N) is 2. The molecule has 0 unspecified atom stereocenters. The molecule has 0 fully saturated rings. The van der Waals surface area contributed by atoms with Crippen LogP contribution in [-0.4, -0.2) is 24.1 Å². The quantitative estimate of drug-likeness (QED) is 0.468. The number of carbonyl (C=O) groups is 1. The van der Waals surface area contributed by atoms with Crippen LogP contribution in [0.4, 0.5) is 19.0 Å². The van der Waals surface area contributed by atoms with E-state index < -0.39 is 35.8 Å². The molecule has 0 radical (unpaired) electrons. The van der Waals surface area contributed by atoms with Crippen LogP contribution in [0.3, 0.4) is 0 Å². The molecule has 2 rings (SSSR count). The van der Waals surface area contributed by atoms with E-state index in [1.54, 1.807) is 6.92 Å². The molecule has 0 aliphatic carbocycles. The molecule has 0 saturated heterocycles. The number of aromatic nitrogens is 2. The highest BCUT2D eigenvalue weighted by Crippen LogP contribution is 2.26. The van der Waals surface area contributed by atoms with Crippen molar-refractivity contribution in [3.05, 3.63) is 58.9 Å². The highest BCUT2D eigenvalue weighted by molar-refractivity contribution is 5.73. The molecule has 0 aliphatic heterocycles. The Hall–Kier alpha value is -2.84. The van der Waals surface area contributed by atoms with Gasteiger partial charge in [-0.05, 0) is 19.1 Å². The van der Waals surface area contributed by atoms with Crippen molar-refractivity contribution in [1.29, 1.82) is 0 Å². The molecule has 1 N–H and O–H groups in total. The lowest BCUT2D eigenvalue weighted by Crippen LogP contribution is -2.41. The topological polar surface area (TPSA) is 78.2 Å². The van der Waals surface area contributed by atoms with Gasteiger partial charge in [0.15, 0.2) is 17.8 Å². The first kappa shape index (κ1) is 18.5. The van der Waals surface area contributed by atoms with Crippen LogP contribution >= 0.6 is 0 Å². The summed E-state index contributed by atoms with van der Waals surface area (Å²) in [6.07, 6.45) is 1.79. The van der Waals surface area contributed by atoms with E-state index in [0.29, 0.717) is 0 Å². The molecule has 0 aliphatic rings. The van der Waals surface area contributed by atoms with E-state index in [9.17, 15) is 23.2 Å². The van der Waals surface area contributed by atoms with Gasteiger partial charge in [-0.1, -0.05) is 0 Å². The van der Waals surface area contributed by atoms with Crippen molar-refractivity contribution in [1.82, 2.24) is 4.98 Å². The van der Waals surface area contributed by atoms with Crippen LogP contribution in [-0.2, 0) is 21.9 Å². The van der Waals surface area contributed by atoms with Gasteiger partial charge in [-0.25, -0.2) is 9.37 Å². The molecule has 0 spiro atoms. The average Bonchev–Trinajstić information content (AvgIpc) is 2.56. The number of nitrogens with one attached hydrogen (secondary N) is 1. The number of hydrogen-bond acceptors (Lipinski definition) is 5. The van der Waals surface area contributed by atoms with Gasteiger partial charge < -0.3 is 15.3 Å². The maximum Gasteiger partial charge on any atom is 0.347 e. The van der Waals surface area contributed by atoms with Crippen molar-refractivity contribution in [2.45, 2.75) is 19.3 Å². The molecule has 6 nitrogen and oxygen atoms in total. The highest BCUT2D eigenvalue weighted by atomic mass is 19.3. The number of halogens is 3. The summed E-state index contributed by atoms with van der Waals surface area (Å²) in [4.78, 5) is 15.1. The lowest BCUT2D eigenvalue weighted by Gasteiger charge is -2.17. The molecule has 134 valence electrons. The van der Waals surface area contributed by atoms with Gasteiger partial charge in [0, 0.05) is 23.9 Å². The molecule has 0 saturated carbocycles. The molecule has 0 atom stereocenters. The number of anilines is 1. The van der Waals surface area contributed by atoms with Crippen LogP contribution < -0.4 is 10.0 Å². The zero-order valence-electron chi connectivity index (χ0n) is 13.3. The molecule has 0 amide bonds. The number of pyridine rings is 2. The van der Waals surface area contributed by atoms with Crippen molar-refractivity contribution < 1.29 is 27.4 Å². The minimum atomic E-state index is -3.55. The third kappa shape index (κ3) is 4.59. The summed E-state index contributed by atoms with van der Waals surface area (Å²) in [5.74, 6) is -5.54. The second-order valence-corrected chi connectivity index (χ2v) is 5.08. The maximum atomic E-state index is 14.3. The van der Waals surface area contributed by atoms with Crippen molar-refractivity contribution >= 4 is 11.8 Å². The summed E-state index contributed by atoms with van der Waals surface area (Å²) in [5.41, 5.74) is -0.802. The minimum absolute atomic E-state index is 0.0298. The average molecular weight is 355 g/mol. The lowest BCUT2D eigenvalue weighted by molar-refractivity contribution is -0.624. The number of carbonyl (C=O) groups excluding carboxylic acids is 1. The number of hydrogen-bond donors (Lipinski definition) is 1. The first-order chi connectivity index (χ1) is 11.8. The molecule has 2 aromatic rings. The van der Waals surface area contributed by atoms with E-state index in [-0.39, 0.29) is 23.3 Å². The fourth-order valence-corrected chi connectivity index (χ4v) is 2.11. The summed E-state index contributed by atoms with van der Waals surface area (Å²) in [7, 11) is 0. The van der Waals surface area contributed by atoms with Crippen LogP contribution in [0.1, 0.15) is 18.2 Å². The van der Waals surface area contributed by atoms with Crippen LogP contribution in [0.2, 0.25) is 0 Å². The Morgan fingerprint density at radius 2 is 2.16 bits per heavy atom. The van der Waals surface area contributed by atoms with E-state index in [1.807, 2.05) is 0 Å². The van der Waals surface area contributed by atoms with E-state index in [0.717, 1.165) is 12.3 Å². The Labute approximate surface area is 141 Å². The Morgan fingerprint density at radius 3 is 2.84 bits per heavy atom. The Morgan fingerprint density at radius 1 is 1.40 bits per heavy atom. The molecule has 25 heavy (non-hydrogen) atoms. The van der Waals surface area contributed by atoms with Gasteiger partial charge in [0.1, 0.15) is 0 Å². The first-order valence-corrected chi connectivity index (χ1v) is 7.44. The SMILES string of the molecule is CCOC(=O)Cc1ccnc(NCC(F)(F)c2cccc[n+]2[O-])c1F. The third-order valence-corrected chi connectivity index (χ3v) is 3.29. The maximum absolute atomic E-state index is 14.3. The lowest BCUT2D eigenvalue weighted by atomic mass is 10.1. The molecule has 2 heterocycles. The first-order valence-electron chi connectivity index (χ1n) is 7.44. The Balaban J connectivity index is 2.13. The van der Waals surface area contributed by atoms with Crippen molar-refractivity contribution in [2.75, 3.05) is 18.5 Å². The second kappa shape index (κ2) is 7.82. The van der Waals surface area contributed by atoms with Gasteiger partial charge >= 0.3 is 11.9 Å². The van der Waals surface area contributed by atoms with Gasteiger partial charge in [0.25, 0.3) is 5.69 Å². The second-order valence-electron chi connectivity index (χ2n) is 5.08. The van der Waals surface area contributed by atoms with Crippen LogP contribution in [0.15, 0.2) is 36.7 Å². The van der Waals surface area contributed by atoms with E-state index >= 15 is 0 Å². The minimum Gasteiger partial charge on any atom is -0.618 e. The number of esters is 1. The third-order valence-electron chi connectivity index (χ3n) is 3.29. The molecule has 2 aromatic heterocycles.